The van der Waals surface area contributed by atoms with E-state index in [1.54, 1.807) is 6.07 Å². The van der Waals surface area contributed by atoms with Crippen LogP contribution >= 0.6 is 12.2 Å². The van der Waals surface area contributed by atoms with E-state index >= 15 is 0 Å². The molecule has 0 amide bonds. The molecule has 6 nitrogen and oxygen atoms in total. The van der Waals surface area contributed by atoms with E-state index in [1.807, 2.05) is 43.4 Å². The highest BCUT2D eigenvalue weighted by Crippen LogP contribution is 2.44. The third-order valence-corrected chi connectivity index (χ3v) is 8.24. The first-order chi connectivity index (χ1) is 18.6. The van der Waals surface area contributed by atoms with E-state index in [2.05, 4.69) is 55.1 Å². The number of benzene rings is 2. The summed E-state index contributed by atoms with van der Waals surface area (Å²) < 4.78 is 15.9. The summed E-state index contributed by atoms with van der Waals surface area (Å²) in [6, 6.07) is 23.9. The monoisotopic (exact) mass is 522 g/mol. The van der Waals surface area contributed by atoms with E-state index in [1.165, 1.54) is 12.5 Å². The molecule has 1 N–H and O–H groups in total. The number of hydrogen-bond acceptors (Lipinski definition) is 5. The van der Waals surface area contributed by atoms with Gasteiger partial charge in [-0.1, -0.05) is 60.7 Å². The lowest BCUT2D eigenvalue weighted by Gasteiger charge is -2.37. The van der Waals surface area contributed by atoms with Crippen LogP contribution in [-0.2, 0) is 6.54 Å². The molecule has 4 aromatic rings. The predicted molar refractivity (Wildman–Crippen MR) is 154 cm³/mol. The van der Waals surface area contributed by atoms with Gasteiger partial charge in [-0.3, -0.25) is 0 Å². The molecule has 7 rings (SSSR count). The Morgan fingerprint density at radius 3 is 2.61 bits per heavy atom. The molecular weight excluding hydrogens is 495 g/mol. The molecule has 0 radical (unpaired) electrons. The Morgan fingerprint density at radius 1 is 1.00 bits per heavy atom. The fourth-order valence-corrected chi connectivity index (χ4v) is 6.21. The average molecular weight is 523 g/mol. The zero-order valence-corrected chi connectivity index (χ0v) is 21.8. The van der Waals surface area contributed by atoms with Crippen LogP contribution < -0.4 is 10.2 Å². The zero-order chi connectivity index (χ0) is 25.8. The average Bonchev–Trinajstić information content (AvgIpc) is 3.62. The van der Waals surface area contributed by atoms with Crippen LogP contribution in [-0.4, -0.2) is 44.5 Å². The molecule has 4 heterocycles. The molecule has 0 bridgehead atoms. The summed E-state index contributed by atoms with van der Waals surface area (Å²) >= 11 is 6.03. The van der Waals surface area contributed by atoms with Gasteiger partial charge in [0.15, 0.2) is 0 Å². The van der Waals surface area contributed by atoms with E-state index in [-0.39, 0.29) is 0 Å². The molecule has 0 saturated heterocycles. The van der Waals surface area contributed by atoms with E-state index in [9.17, 15) is 4.39 Å². The summed E-state index contributed by atoms with van der Waals surface area (Å²) in [7, 11) is 2.03. The van der Waals surface area contributed by atoms with Gasteiger partial charge in [0.05, 0.1) is 29.0 Å². The number of aliphatic imine (C=N–C) groups is 1. The normalized spacial score (nSPS) is 19.7. The number of rotatable bonds is 5. The number of hydrogen-bond donors (Lipinski definition) is 1. The second-order valence-electron chi connectivity index (χ2n) is 10.1. The lowest BCUT2D eigenvalue weighted by molar-refractivity contribution is 0.585. The first kappa shape index (κ1) is 23.1. The Balaban J connectivity index is 1.29. The highest BCUT2D eigenvalue weighted by molar-refractivity contribution is 7.80. The van der Waals surface area contributed by atoms with E-state index in [0.29, 0.717) is 24.3 Å². The molecule has 0 spiro atoms. The van der Waals surface area contributed by atoms with Gasteiger partial charge >= 0.3 is 0 Å². The SMILES string of the molecule is CN1C(=S)c2c(cn(Cc3ccc(-c4cccc(F)n4)cc3)c2Nc2ccccc2)N2C1=NC1CCCC12. The lowest BCUT2D eigenvalue weighted by atomic mass is 10.1. The topological polar surface area (TPSA) is 48.7 Å². The number of para-hydroxylation sites is 1. The molecule has 1 aliphatic carbocycles. The Hall–Kier alpha value is -4.04. The number of anilines is 3. The predicted octanol–water partition coefficient (Wildman–Crippen LogP) is 6.20. The standard InChI is InChI=1S/C30H27FN6S/c1-35-29(38)27-25(37-24-11-5-10-23(24)34-30(35)37)18-36(28(27)32-21-7-3-2-4-8-21)17-19-13-15-20(16-14-19)22-9-6-12-26(31)33-22/h2-4,6-9,12-16,18,23-24,32H,5,10-11,17H2,1H3. The van der Waals surface area contributed by atoms with Gasteiger partial charge in [-0.2, -0.15) is 4.39 Å². The van der Waals surface area contributed by atoms with Crippen molar-refractivity contribution in [3.8, 4) is 11.3 Å². The van der Waals surface area contributed by atoms with E-state index in [0.717, 1.165) is 57.7 Å². The minimum absolute atomic E-state index is 0.332. The van der Waals surface area contributed by atoms with Gasteiger partial charge in [0.25, 0.3) is 0 Å². The Labute approximate surface area is 226 Å². The third kappa shape index (κ3) is 3.79. The minimum atomic E-state index is -0.476. The maximum absolute atomic E-state index is 13.6. The van der Waals surface area contributed by atoms with Crippen molar-refractivity contribution >= 4 is 40.4 Å². The Bertz CT molecular complexity index is 1560. The van der Waals surface area contributed by atoms with Crippen LogP contribution in [0.1, 0.15) is 30.4 Å². The van der Waals surface area contributed by atoms with Crippen molar-refractivity contribution < 1.29 is 4.39 Å². The maximum Gasteiger partial charge on any atom is 0.213 e. The number of fused-ring (bicyclic) bond motifs is 5. The smallest absolute Gasteiger partial charge is 0.213 e. The molecule has 3 aliphatic rings. The molecule has 2 unspecified atom stereocenters. The van der Waals surface area contributed by atoms with Gasteiger partial charge in [0.2, 0.25) is 11.9 Å². The molecule has 2 aromatic carbocycles. The highest BCUT2D eigenvalue weighted by Gasteiger charge is 2.47. The molecule has 2 atom stereocenters. The summed E-state index contributed by atoms with van der Waals surface area (Å²) in [6.45, 7) is 0.653. The number of pyridine rings is 1. The number of nitrogens with one attached hydrogen (secondary N) is 1. The van der Waals surface area contributed by atoms with Crippen molar-refractivity contribution in [2.75, 3.05) is 17.3 Å². The molecule has 2 aliphatic heterocycles. The van der Waals surface area contributed by atoms with Crippen LogP contribution in [0.5, 0.6) is 0 Å². The summed E-state index contributed by atoms with van der Waals surface area (Å²) in [5, 5.41) is 3.67. The molecular formula is C30H27FN6S. The van der Waals surface area contributed by atoms with Crippen molar-refractivity contribution in [1.82, 2.24) is 14.5 Å². The molecule has 1 saturated carbocycles. The van der Waals surface area contributed by atoms with Gasteiger partial charge in [0, 0.05) is 31.0 Å². The second kappa shape index (κ2) is 9.06. The van der Waals surface area contributed by atoms with Crippen LogP contribution in [0.25, 0.3) is 11.3 Å². The largest absolute Gasteiger partial charge is 0.341 e. The molecule has 190 valence electrons. The zero-order valence-electron chi connectivity index (χ0n) is 21.0. The summed E-state index contributed by atoms with van der Waals surface area (Å²) in [4.78, 5) is 14.3. The fourth-order valence-electron chi connectivity index (χ4n) is 5.92. The summed E-state index contributed by atoms with van der Waals surface area (Å²) in [5.41, 5.74) is 5.81. The lowest BCUT2D eigenvalue weighted by Crippen LogP contribution is -2.50. The second-order valence-corrected chi connectivity index (χ2v) is 10.5. The Morgan fingerprint density at radius 2 is 1.82 bits per heavy atom. The first-order valence-electron chi connectivity index (χ1n) is 13.0. The van der Waals surface area contributed by atoms with Crippen molar-refractivity contribution in [3.63, 3.8) is 0 Å². The van der Waals surface area contributed by atoms with Crippen molar-refractivity contribution in [2.24, 2.45) is 4.99 Å². The van der Waals surface area contributed by atoms with Crippen LogP contribution in [0.15, 0.2) is 84.0 Å². The summed E-state index contributed by atoms with van der Waals surface area (Å²) in [5.74, 6) is 1.46. The number of aromatic nitrogens is 2. The molecule has 2 aromatic heterocycles. The minimum Gasteiger partial charge on any atom is -0.341 e. The number of halogens is 1. The van der Waals surface area contributed by atoms with Crippen LogP contribution in [0.4, 0.5) is 21.6 Å². The Kier molecular flexibility index (Phi) is 5.51. The van der Waals surface area contributed by atoms with Gasteiger partial charge in [-0.25, -0.2) is 9.98 Å². The van der Waals surface area contributed by atoms with Crippen LogP contribution in [0, 0.1) is 5.95 Å². The molecule has 38 heavy (non-hydrogen) atoms. The number of guanidine groups is 1. The highest BCUT2D eigenvalue weighted by atomic mass is 32.1. The number of thiocarbonyl (C=S) groups is 1. The first-order valence-corrected chi connectivity index (χ1v) is 13.4. The molecule has 1 fully saturated rings. The van der Waals surface area contributed by atoms with E-state index in [4.69, 9.17) is 17.2 Å². The summed E-state index contributed by atoms with van der Waals surface area (Å²) in [6.07, 6.45) is 5.69. The van der Waals surface area contributed by atoms with Crippen LogP contribution in [0.3, 0.4) is 0 Å². The van der Waals surface area contributed by atoms with Crippen molar-refractivity contribution in [2.45, 2.75) is 37.9 Å². The maximum atomic E-state index is 13.6. The van der Waals surface area contributed by atoms with Gasteiger partial charge in [0.1, 0.15) is 10.8 Å². The van der Waals surface area contributed by atoms with Gasteiger partial charge < -0.3 is 19.7 Å². The quantitative estimate of drug-likeness (QED) is 0.250. The molecule has 8 heteroatoms. The van der Waals surface area contributed by atoms with Crippen molar-refractivity contribution in [3.05, 3.63) is 96.1 Å². The van der Waals surface area contributed by atoms with Gasteiger partial charge in [-0.05, 0) is 49.1 Å². The van der Waals surface area contributed by atoms with E-state index < -0.39 is 5.95 Å². The third-order valence-electron chi connectivity index (χ3n) is 7.76. The fraction of sp³-hybridized carbons (Fsp3) is 0.233. The number of nitrogens with zero attached hydrogens (tertiary/aromatic N) is 5. The van der Waals surface area contributed by atoms with Gasteiger partial charge in [-0.15, -0.1) is 0 Å². The van der Waals surface area contributed by atoms with Crippen molar-refractivity contribution in [1.29, 1.82) is 0 Å². The van der Waals surface area contributed by atoms with Crippen LogP contribution in [0.2, 0.25) is 0 Å².